The van der Waals surface area contributed by atoms with Crippen molar-refractivity contribution in [1.29, 1.82) is 0 Å². The molecule has 0 aliphatic rings. The maximum atomic E-state index is 13.3. The number of hydrogen-bond donors (Lipinski definition) is 4. The molecule has 3 rings (SSSR count). The first-order chi connectivity index (χ1) is 12.6. The Labute approximate surface area is 152 Å². The van der Waals surface area contributed by atoms with Crippen molar-refractivity contribution >= 4 is 25.2 Å². The van der Waals surface area contributed by atoms with Gasteiger partial charge in [0.2, 0.25) is 0 Å². The van der Waals surface area contributed by atoms with Gasteiger partial charge in [0.05, 0.1) is 6.21 Å². The first-order valence-electron chi connectivity index (χ1n) is 8.00. The maximum Gasteiger partial charge on any atom is 0.368 e. The van der Waals surface area contributed by atoms with Crippen molar-refractivity contribution in [1.82, 2.24) is 5.20 Å². The van der Waals surface area contributed by atoms with Gasteiger partial charge in [-0.15, -0.1) is 0 Å². The summed E-state index contributed by atoms with van der Waals surface area (Å²) in [4.78, 5) is 0. The molecule has 0 aliphatic carbocycles. The molecule has 0 spiro atoms. The number of nitrogens with zero attached hydrogens (tertiary/aromatic N) is 1. The number of hydrazone groups is 1. The predicted molar refractivity (Wildman–Crippen MR) is 107 cm³/mol. The summed E-state index contributed by atoms with van der Waals surface area (Å²) in [6.45, 7) is 0. The third kappa shape index (κ3) is 4.88. The molecule has 7 heteroatoms. The number of aromatic hydroxyl groups is 1. The van der Waals surface area contributed by atoms with E-state index in [1.165, 1.54) is 6.21 Å². The zero-order valence-electron chi connectivity index (χ0n) is 13.9. The van der Waals surface area contributed by atoms with Crippen LogP contribution in [0.25, 0.3) is 0 Å². The molecular weight excluding hydrogens is 347 g/mol. The molecular formula is C19H19N4O2P. The first-order valence-corrected chi connectivity index (χ1v) is 9.70. The normalized spacial score (nSPS) is 11.2. The fourth-order valence-electron chi connectivity index (χ4n) is 2.24. The molecule has 4 N–H and O–H groups in total. The van der Waals surface area contributed by atoms with Gasteiger partial charge in [0, 0.05) is 16.9 Å². The van der Waals surface area contributed by atoms with Crippen molar-refractivity contribution in [3.8, 4) is 5.75 Å². The fourth-order valence-corrected chi connectivity index (χ4v) is 3.64. The summed E-state index contributed by atoms with van der Waals surface area (Å²) in [5.74, 6) is 0.0971. The molecule has 0 unspecified atom stereocenters. The minimum Gasteiger partial charge on any atom is -0.507 e. The van der Waals surface area contributed by atoms with E-state index in [4.69, 9.17) is 0 Å². The van der Waals surface area contributed by atoms with E-state index in [2.05, 4.69) is 20.5 Å². The van der Waals surface area contributed by atoms with Crippen molar-refractivity contribution in [3.05, 3.63) is 90.5 Å². The van der Waals surface area contributed by atoms with Crippen LogP contribution >= 0.6 is 7.59 Å². The Bertz CT molecular complexity index is 872. The number of nitrogens with one attached hydrogen (secondary N) is 3. The monoisotopic (exact) mass is 366 g/mol. The summed E-state index contributed by atoms with van der Waals surface area (Å²) in [6, 6.07) is 25.2. The van der Waals surface area contributed by atoms with Crippen LogP contribution in [0.3, 0.4) is 0 Å². The SMILES string of the molecule is O=P(N/N=C/c1ccccc1O)(Nc1ccccc1)Nc1ccccc1. The lowest BCUT2D eigenvalue weighted by atomic mass is 10.2. The van der Waals surface area contributed by atoms with Gasteiger partial charge in [0.1, 0.15) is 5.75 Å². The summed E-state index contributed by atoms with van der Waals surface area (Å²) in [6.07, 6.45) is 1.42. The molecule has 0 saturated heterocycles. The highest BCUT2D eigenvalue weighted by atomic mass is 31.2. The van der Waals surface area contributed by atoms with E-state index in [1.807, 2.05) is 60.7 Å². The number of rotatable bonds is 7. The molecule has 0 atom stereocenters. The molecule has 0 aliphatic heterocycles. The molecule has 0 saturated carbocycles. The smallest absolute Gasteiger partial charge is 0.368 e. The third-order valence-corrected chi connectivity index (χ3v) is 5.00. The zero-order valence-corrected chi connectivity index (χ0v) is 14.8. The van der Waals surface area contributed by atoms with Crippen molar-refractivity contribution in [3.63, 3.8) is 0 Å². The summed E-state index contributed by atoms with van der Waals surface area (Å²) < 4.78 is 13.3. The predicted octanol–water partition coefficient (Wildman–Crippen LogP) is 4.65. The van der Waals surface area contributed by atoms with Crippen LogP contribution in [0, 0.1) is 0 Å². The zero-order chi connectivity index (χ0) is 18.2. The Morgan fingerprint density at radius 3 is 1.81 bits per heavy atom. The van der Waals surface area contributed by atoms with E-state index in [-0.39, 0.29) is 5.75 Å². The quantitative estimate of drug-likeness (QED) is 0.278. The largest absolute Gasteiger partial charge is 0.507 e. The number of hydrogen-bond acceptors (Lipinski definition) is 3. The third-order valence-electron chi connectivity index (χ3n) is 3.46. The molecule has 0 heterocycles. The van der Waals surface area contributed by atoms with E-state index in [1.54, 1.807) is 24.3 Å². The van der Waals surface area contributed by atoms with Crippen LogP contribution in [0.4, 0.5) is 11.4 Å². The number of phenolic OH excluding ortho intramolecular Hbond substituents is 1. The lowest BCUT2D eigenvalue weighted by Gasteiger charge is -2.21. The number of benzene rings is 3. The highest BCUT2D eigenvalue weighted by molar-refractivity contribution is 7.64. The van der Waals surface area contributed by atoms with E-state index in [0.717, 1.165) is 0 Å². The van der Waals surface area contributed by atoms with Crippen molar-refractivity contribution in [2.75, 3.05) is 10.2 Å². The van der Waals surface area contributed by atoms with Gasteiger partial charge in [-0.05, 0) is 36.4 Å². The number of anilines is 2. The molecule has 0 radical (unpaired) electrons. The second-order valence-electron chi connectivity index (χ2n) is 5.48. The van der Waals surface area contributed by atoms with Crippen molar-refractivity contribution in [2.24, 2.45) is 5.10 Å². The van der Waals surface area contributed by atoms with Gasteiger partial charge in [0.25, 0.3) is 0 Å². The van der Waals surface area contributed by atoms with Gasteiger partial charge in [0.15, 0.2) is 0 Å². The van der Waals surface area contributed by atoms with Crippen LogP contribution in [0.15, 0.2) is 90.0 Å². The average Bonchev–Trinajstić information content (AvgIpc) is 2.65. The molecule has 0 aromatic heterocycles. The molecule has 3 aromatic rings. The molecule has 6 nitrogen and oxygen atoms in total. The highest BCUT2D eigenvalue weighted by Gasteiger charge is 2.21. The topological polar surface area (TPSA) is 85.8 Å². The maximum absolute atomic E-state index is 13.3. The summed E-state index contributed by atoms with van der Waals surface area (Å²) >= 11 is 0. The Kier molecular flexibility index (Phi) is 5.56. The summed E-state index contributed by atoms with van der Waals surface area (Å²) in [5.41, 5.74) is 1.89. The minimum atomic E-state index is -3.34. The van der Waals surface area contributed by atoms with Gasteiger partial charge >= 0.3 is 7.59 Å². The minimum absolute atomic E-state index is 0.0971. The van der Waals surface area contributed by atoms with Gasteiger partial charge in [-0.3, -0.25) is 0 Å². The van der Waals surface area contributed by atoms with Crippen molar-refractivity contribution < 1.29 is 9.67 Å². The second-order valence-corrected chi connectivity index (χ2v) is 7.35. The Balaban J connectivity index is 1.80. The Morgan fingerprint density at radius 1 is 0.769 bits per heavy atom. The van der Waals surface area contributed by atoms with E-state index < -0.39 is 7.59 Å². The van der Waals surface area contributed by atoms with Crippen LogP contribution in [0.1, 0.15) is 5.56 Å². The van der Waals surface area contributed by atoms with Crippen LogP contribution in [0.5, 0.6) is 5.75 Å². The molecule has 0 fully saturated rings. The highest BCUT2D eigenvalue weighted by Crippen LogP contribution is 2.41. The molecule has 132 valence electrons. The summed E-state index contributed by atoms with van der Waals surface area (Å²) in [7, 11) is -3.34. The van der Waals surface area contributed by atoms with Gasteiger partial charge in [-0.2, -0.15) is 5.10 Å². The van der Waals surface area contributed by atoms with E-state index in [0.29, 0.717) is 16.9 Å². The summed E-state index contributed by atoms with van der Waals surface area (Å²) in [5, 5.41) is 22.4. The standard InChI is InChI=1S/C19H19N4O2P/c24-19-14-8-7-9-16(19)15-20-23-26(25,21-17-10-3-1-4-11-17)22-18-12-5-2-6-13-18/h1-15,24H,(H3,21,22,23,25)/b20-15+. The average molecular weight is 366 g/mol. The van der Waals surface area contributed by atoms with Crippen molar-refractivity contribution in [2.45, 2.75) is 0 Å². The van der Waals surface area contributed by atoms with Crippen LogP contribution in [-0.4, -0.2) is 11.3 Å². The van der Waals surface area contributed by atoms with E-state index in [9.17, 15) is 9.67 Å². The fraction of sp³-hybridized carbons (Fsp3) is 0. The Hall–Kier alpha value is -3.24. The van der Waals surface area contributed by atoms with E-state index >= 15 is 0 Å². The van der Waals surface area contributed by atoms with Crippen LogP contribution in [0.2, 0.25) is 0 Å². The Morgan fingerprint density at radius 2 is 1.27 bits per heavy atom. The molecule has 0 bridgehead atoms. The number of para-hydroxylation sites is 3. The van der Waals surface area contributed by atoms with Crippen LogP contribution in [-0.2, 0) is 4.57 Å². The lowest BCUT2D eigenvalue weighted by molar-refractivity contribution is 0.474. The van der Waals surface area contributed by atoms with Gasteiger partial charge < -0.3 is 15.3 Å². The number of phenols is 1. The van der Waals surface area contributed by atoms with Crippen LogP contribution < -0.4 is 15.4 Å². The molecule has 26 heavy (non-hydrogen) atoms. The lowest BCUT2D eigenvalue weighted by Crippen LogP contribution is -2.17. The second kappa shape index (κ2) is 8.23. The van der Waals surface area contributed by atoms with Gasteiger partial charge in [-0.25, -0.2) is 9.76 Å². The first kappa shape index (κ1) is 17.6. The molecule has 0 amide bonds. The van der Waals surface area contributed by atoms with Gasteiger partial charge in [-0.1, -0.05) is 48.5 Å². The molecule has 3 aromatic carbocycles.